The number of likely N-dealkylation sites (N-methyl/N-ethyl adjacent to an activating group) is 1. The predicted molar refractivity (Wildman–Crippen MR) is 110 cm³/mol. The van der Waals surface area contributed by atoms with Crippen molar-refractivity contribution in [1.29, 1.82) is 0 Å². The van der Waals surface area contributed by atoms with E-state index in [9.17, 15) is 4.79 Å². The number of carbonyl (C=O) groups excluding carboxylic acids is 1. The van der Waals surface area contributed by atoms with Crippen molar-refractivity contribution >= 4 is 23.2 Å². The molecule has 2 aromatic carbocycles. The Kier molecular flexibility index (Phi) is 6.68. The van der Waals surface area contributed by atoms with E-state index >= 15 is 0 Å². The van der Waals surface area contributed by atoms with Crippen LogP contribution in [0.5, 0.6) is 5.75 Å². The number of ether oxygens (including phenoxy) is 1. The van der Waals surface area contributed by atoms with Crippen molar-refractivity contribution in [2.24, 2.45) is 0 Å². The maximum absolute atomic E-state index is 12.4. The van der Waals surface area contributed by atoms with Crippen LogP contribution in [-0.2, 0) is 11.3 Å². The van der Waals surface area contributed by atoms with Crippen molar-refractivity contribution in [3.8, 4) is 17.0 Å². The van der Waals surface area contributed by atoms with Crippen molar-refractivity contribution in [3.05, 3.63) is 65.4 Å². The lowest BCUT2D eigenvalue weighted by atomic mass is 10.1. The lowest BCUT2D eigenvalue weighted by Crippen LogP contribution is -2.32. The van der Waals surface area contributed by atoms with Crippen molar-refractivity contribution in [2.45, 2.75) is 13.5 Å². The molecule has 28 heavy (non-hydrogen) atoms. The van der Waals surface area contributed by atoms with E-state index in [1.807, 2.05) is 60.4 Å². The van der Waals surface area contributed by atoms with Gasteiger partial charge in [-0.05, 0) is 30.8 Å². The number of para-hydroxylation sites is 2. The zero-order valence-electron chi connectivity index (χ0n) is 15.8. The first kappa shape index (κ1) is 19.9. The third-order valence-electron chi connectivity index (χ3n) is 4.27. The standard InChI is InChI=1S/C21H22ClN3O3/c1-3-25(14-21(26)23-18-6-4-5-7-20(18)27-2)13-17-12-19(24-28-17)15-8-10-16(22)11-9-15/h4-12H,3,13-14H2,1-2H3,(H,23,26). The lowest BCUT2D eigenvalue weighted by Gasteiger charge is -2.18. The van der Waals surface area contributed by atoms with Gasteiger partial charge in [-0.3, -0.25) is 9.69 Å². The number of nitrogens with one attached hydrogen (secondary N) is 1. The van der Waals surface area contributed by atoms with Crippen LogP contribution in [0.4, 0.5) is 5.69 Å². The van der Waals surface area contributed by atoms with E-state index in [0.717, 1.165) is 11.3 Å². The zero-order chi connectivity index (χ0) is 19.9. The van der Waals surface area contributed by atoms with Crippen molar-refractivity contribution < 1.29 is 14.1 Å². The van der Waals surface area contributed by atoms with Crippen LogP contribution in [0.3, 0.4) is 0 Å². The highest BCUT2D eigenvalue weighted by atomic mass is 35.5. The Balaban J connectivity index is 1.61. The minimum Gasteiger partial charge on any atom is -0.495 e. The normalized spacial score (nSPS) is 10.9. The summed E-state index contributed by atoms with van der Waals surface area (Å²) >= 11 is 5.92. The molecule has 0 radical (unpaired) electrons. The number of aromatic nitrogens is 1. The molecule has 1 N–H and O–H groups in total. The Hall–Kier alpha value is -2.83. The highest BCUT2D eigenvalue weighted by Crippen LogP contribution is 2.24. The van der Waals surface area contributed by atoms with E-state index in [0.29, 0.717) is 35.3 Å². The molecule has 7 heteroatoms. The molecular weight excluding hydrogens is 378 g/mol. The van der Waals surface area contributed by atoms with Crippen LogP contribution in [-0.4, -0.2) is 36.2 Å². The van der Waals surface area contributed by atoms with Gasteiger partial charge in [-0.1, -0.05) is 47.9 Å². The maximum Gasteiger partial charge on any atom is 0.238 e. The molecule has 1 amide bonds. The van der Waals surface area contributed by atoms with Gasteiger partial charge in [0.2, 0.25) is 5.91 Å². The van der Waals surface area contributed by atoms with Crippen LogP contribution in [0.1, 0.15) is 12.7 Å². The zero-order valence-corrected chi connectivity index (χ0v) is 16.6. The van der Waals surface area contributed by atoms with E-state index in [4.69, 9.17) is 20.9 Å². The Morgan fingerprint density at radius 3 is 2.68 bits per heavy atom. The molecule has 0 spiro atoms. The summed E-state index contributed by atoms with van der Waals surface area (Å²) in [5, 5.41) is 7.67. The fourth-order valence-corrected chi connectivity index (χ4v) is 2.91. The number of nitrogens with zero attached hydrogens (tertiary/aromatic N) is 2. The molecule has 0 saturated heterocycles. The smallest absolute Gasteiger partial charge is 0.238 e. The number of amides is 1. The van der Waals surface area contributed by atoms with Crippen LogP contribution in [0.2, 0.25) is 5.02 Å². The molecule has 146 valence electrons. The Morgan fingerprint density at radius 2 is 1.96 bits per heavy atom. The Bertz CT molecular complexity index is 925. The maximum atomic E-state index is 12.4. The molecule has 3 aromatic rings. The molecular formula is C21H22ClN3O3. The fourth-order valence-electron chi connectivity index (χ4n) is 2.78. The first-order valence-electron chi connectivity index (χ1n) is 8.95. The van der Waals surface area contributed by atoms with E-state index in [-0.39, 0.29) is 12.5 Å². The van der Waals surface area contributed by atoms with Gasteiger partial charge in [-0.25, -0.2) is 0 Å². The van der Waals surface area contributed by atoms with Crippen molar-refractivity contribution in [2.75, 3.05) is 25.5 Å². The molecule has 0 unspecified atom stereocenters. The van der Waals surface area contributed by atoms with E-state index < -0.39 is 0 Å². The third-order valence-corrected chi connectivity index (χ3v) is 4.53. The molecule has 0 aliphatic heterocycles. The molecule has 1 heterocycles. The molecule has 0 atom stereocenters. The van der Waals surface area contributed by atoms with E-state index in [2.05, 4.69) is 10.5 Å². The van der Waals surface area contributed by atoms with Gasteiger partial charge in [0.15, 0.2) is 5.76 Å². The Labute approximate surface area is 169 Å². The summed E-state index contributed by atoms with van der Waals surface area (Å²) in [6.07, 6.45) is 0. The molecule has 0 bridgehead atoms. The molecule has 1 aromatic heterocycles. The number of benzene rings is 2. The van der Waals surface area contributed by atoms with E-state index in [1.54, 1.807) is 13.2 Å². The second-order valence-electron chi connectivity index (χ2n) is 6.24. The highest BCUT2D eigenvalue weighted by Gasteiger charge is 2.15. The molecule has 3 rings (SSSR count). The van der Waals surface area contributed by atoms with Gasteiger partial charge in [0, 0.05) is 16.7 Å². The summed E-state index contributed by atoms with van der Waals surface area (Å²) in [7, 11) is 1.57. The van der Waals surface area contributed by atoms with Crippen LogP contribution < -0.4 is 10.1 Å². The third kappa shape index (κ3) is 5.12. The molecule has 6 nitrogen and oxygen atoms in total. The number of methoxy groups -OCH3 is 1. The summed E-state index contributed by atoms with van der Waals surface area (Å²) in [6, 6.07) is 16.6. The van der Waals surface area contributed by atoms with Gasteiger partial charge in [0.25, 0.3) is 0 Å². The highest BCUT2D eigenvalue weighted by molar-refractivity contribution is 6.30. The lowest BCUT2D eigenvalue weighted by molar-refractivity contribution is -0.117. The summed E-state index contributed by atoms with van der Waals surface area (Å²) in [5.74, 6) is 1.20. The first-order chi connectivity index (χ1) is 13.6. The first-order valence-corrected chi connectivity index (χ1v) is 9.33. The number of carbonyl (C=O) groups is 1. The molecule has 0 aliphatic carbocycles. The summed E-state index contributed by atoms with van der Waals surface area (Å²) in [6.45, 7) is 3.39. The fraction of sp³-hybridized carbons (Fsp3) is 0.238. The van der Waals surface area contributed by atoms with Crippen LogP contribution >= 0.6 is 11.6 Å². The van der Waals surface area contributed by atoms with Crippen LogP contribution in [0, 0.1) is 0 Å². The van der Waals surface area contributed by atoms with Gasteiger partial charge >= 0.3 is 0 Å². The van der Waals surface area contributed by atoms with E-state index in [1.165, 1.54) is 0 Å². The van der Waals surface area contributed by atoms with Crippen molar-refractivity contribution in [3.63, 3.8) is 0 Å². The quantitative estimate of drug-likeness (QED) is 0.605. The summed E-state index contributed by atoms with van der Waals surface area (Å²) < 4.78 is 10.7. The topological polar surface area (TPSA) is 67.6 Å². The second-order valence-corrected chi connectivity index (χ2v) is 6.67. The van der Waals surface area contributed by atoms with Crippen molar-refractivity contribution in [1.82, 2.24) is 10.1 Å². The average Bonchev–Trinajstić information content (AvgIpc) is 3.17. The number of rotatable bonds is 8. The molecule has 0 fully saturated rings. The number of halogens is 1. The Morgan fingerprint density at radius 1 is 1.21 bits per heavy atom. The molecule has 0 saturated carbocycles. The van der Waals surface area contributed by atoms with Gasteiger partial charge in [0.1, 0.15) is 11.4 Å². The molecule has 0 aliphatic rings. The largest absolute Gasteiger partial charge is 0.495 e. The van der Waals surface area contributed by atoms with Crippen LogP contribution in [0.25, 0.3) is 11.3 Å². The number of anilines is 1. The predicted octanol–water partition coefficient (Wildman–Crippen LogP) is 4.46. The minimum absolute atomic E-state index is 0.121. The van der Waals surface area contributed by atoms with Gasteiger partial charge in [0.05, 0.1) is 25.9 Å². The monoisotopic (exact) mass is 399 g/mol. The minimum atomic E-state index is -0.121. The average molecular weight is 400 g/mol. The van der Waals surface area contributed by atoms with Crippen LogP contribution in [0.15, 0.2) is 59.1 Å². The summed E-state index contributed by atoms with van der Waals surface area (Å²) in [5.41, 5.74) is 2.31. The van der Waals surface area contributed by atoms with Gasteiger partial charge < -0.3 is 14.6 Å². The summed E-state index contributed by atoms with van der Waals surface area (Å²) in [4.78, 5) is 14.4. The second kappa shape index (κ2) is 9.39. The number of hydrogen-bond acceptors (Lipinski definition) is 5. The van der Waals surface area contributed by atoms with Gasteiger partial charge in [-0.15, -0.1) is 0 Å². The number of hydrogen-bond donors (Lipinski definition) is 1. The van der Waals surface area contributed by atoms with Gasteiger partial charge in [-0.2, -0.15) is 0 Å². The SMILES string of the molecule is CCN(CC(=O)Nc1ccccc1OC)Cc1cc(-c2ccc(Cl)cc2)no1.